The smallest absolute Gasteiger partial charge is 0.252 e. The molecule has 4 heterocycles. The molecule has 4 aromatic rings. The van der Waals surface area contributed by atoms with Crippen LogP contribution in [0.1, 0.15) is 33.6 Å². The highest BCUT2D eigenvalue weighted by Crippen LogP contribution is 2.31. The monoisotopic (exact) mass is 413 g/mol. The Morgan fingerprint density at radius 1 is 1.16 bits per heavy atom. The van der Waals surface area contributed by atoms with Crippen molar-refractivity contribution in [3.63, 3.8) is 0 Å². The average molecular weight is 413 g/mol. The molecule has 0 saturated heterocycles. The Kier molecular flexibility index (Phi) is 4.74. The van der Waals surface area contributed by atoms with E-state index in [2.05, 4.69) is 27.8 Å². The minimum Gasteiger partial charge on any atom is -0.370 e. The Hall–Kier alpha value is -3.94. The molecular formula is C23H23N7O. The molecule has 3 aromatic heterocycles. The number of hydrogen-bond acceptors (Lipinski definition) is 6. The van der Waals surface area contributed by atoms with E-state index in [1.54, 1.807) is 12.1 Å². The third kappa shape index (κ3) is 3.46. The number of anilines is 2. The van der Waals surface area contributed by atoms with Crippen molar-refractivity contribution in [2.75, 3.05) is 17.2 Å². The minimum absolute atomic E-state index is 0.371. The number of primary amides is 1. The molecule has 0 spiro atoms. The third-order valence-corrected chi connectivity index (χ3v) is 5.51. The lowest BCUT2D eigenvalue weighted by Gasteiger charge is -2.21. The summed E-state index contributed by atoms with van der Waals surface area (Å²) in [6, 6.07) is 13.7. The molecule has 0 saturated carbocycles. The van der Waals surface area contributed by atoms with Crippen LogP contribution >= 0.6 is 0 Å². The van der Waals surface area contributed by atoms with E-state index in [1.165, 1.54) is 5.56 Å². The number of imidazole rings is 1. The van der Waals surface area contributed by atoms with Crippen LogP contribution in [0.5, 0.6) is 0 Å². The molecule has 1 amide bonds. The van der Waals surface area contributed by atoms with Gasteiger partial charge in [0.15, 0.2) is 5.82 Å². The molecule has 8 nitrogen and oxygen atoms in total. The van der Waals surface area contributed by atoms with Crippen molar-refractivity contribution < 1.29 is 4.79 Å². The van der Waals surface area contributed by atoms with Crippen molar-refractivity contribution >= 4 is 23.2 Å². The van der Waals surface area contributed by atoms with Crippen LogP contribution in [0.4, 0.5) is 11.6 Å². The normalized spacial score (nSPS) is 12.9. The van der Waals surface area contributed by atoms with Crippen molar-refractivity contribution in [2.24, 2.45) is 5.73 Å². The third-order valence-electron chi connectivity index (χ3n) is 5.51. The first-order valence-electron chi connectivity index (χ1n) is 10.3. The van der Waals surface area contributed by atoms with E-state index in [-0.39, 0.29) is 0 Å². The number of pyridine rings is 1. The van der Waals surface area contributed by atoms with Gasteiger partial charge in [0, 0.05) is 24.8 Å². The van der Waals surface area contributed by atoms with Crippen molar-refractivity contribution in [3.05, 3.63) is 71.0 Å². The predicted molar refractivity (Wildman–Crippen MR) is 120 cm³/mol. The number of nitrogens with one attached hydrogen (secondary N) is 2. The van der Waals surface area contributed by atoms with E-state index in [0.717, 1.165) is 48.0 Å². The molecule has 5 rings (SSSR count). The largest absolute Gasteiger partial charge is 0.370 e. The summed E-state index contributed by atoms with van der Waals surface area (Å²) in [7, 11) is 0. The maximum absolute atomic E-state index is 11.9. The van der Waals surface area contributed by atoms with Crippen molar-refractivity contribution in [1.29, 1.82) is 0 Å². The molecule has 0 atom stereocenters. The summed E-state index contributed by atoms with van der Waals surface area (Å²) in [5.41, 5.74) is 10.2. The second kappa shape index (κ2) is 7.71. The molecule has 0 aliphatic carbocycles. The first-order chi connectivity index (χ1) is 15.1. The van der Waals surface area contributed by atoms with E-state index in [0.29, 0.717) is 23.6 Å². The molecule has 1 aromatic carbocycles. The highest BCUT2D eigenvalue weighted by atomic mass is 16.1. The molecule has 4 N–H and O–H groups in total. The fraction of sp³-hybridized carbons (Fsp3) is 0.217. The molecule has 0 bridgehead atoms. The summed E-state index contributed by atoms with van der Waals surface area (Å²) in [6.07, 6.45) is 3.80. The predicted octanol–water partition coefficient (Wildman–Crippen LogP) is 3.17. The van der Waals surface area contributed by atoms with Crippen LogP contribution in [0.2, 0.25) is 0 Å². The summed E-state index contributed by atoms with van der Waals surface area (Å²) >= 11 is 0. The SMILES string of the molecule is Cc1nc2c(C(N)=O)cccn2c1-c1nc2c(c(NCc3ccccc3)n1)CCCN2. The Bertz CT molecular complexity index is 1280. The van der Waals surface area contributed by atoms with E-state index in [1.807, 2.05) is 35.7 Å². The van der Waals surface area contributed by atoms with Crippen LogP contribution in [0.15, 0.2) is 48.7 Å². The maximum atomic E-state index is 11.9. The van der Waals surface area contributed by atoms with Gasteiger partial charge in [0.05, 0.1) is 11.3 Å². The van der Waals surface area contributed by atoms with E-state index < -0.39 is 5.91 Å². The Balaban J connectivity index is 1.62. The number of benzene rings is 1. The first-order valence-corrected chi connectivity index (χ1v) is 10.3. The van der Waals surface area contributed by atoms with Crippen molar-refractivity contribution in [3.8, 4) is 11.5 Å². The lowest BCUT2D eigenvalue weighted by Crippen LogP contribution is -2.18. The van der Waals surface area contributed by atoms with Gasteiger partial charge in [-0.25, -0.2) is 15.0 Å². The van der Waals surface area contributed by atoms with Crippen LogP contribution in [-0.4, -0.2) is 31.8 Å². The van der Waals surface area contributed by atoms with Crippen LogP contribution in [0.25, 0.3) is 17.2 Å². The van der Waals surface area contributed by atoms with Gasteiger partial charge >= 0.3 is 0 Å². The zero-order chi connectivity index (χ0) is 21.4. The fourth-order valence-corrected chi connectivity index (χ4v) is 4.02. The lowest BCUT2D eigenvalue weighted by molar-refractivity contribution is 0.100. The fourth-order valence-electron chi connectivity index (χ4n) is 4.02. The van der Waals surface area contributed by atoms with Gasteiger partial charge in [0.1, 0.15) is 23.0 Å². The highest BCUT2D eigenvalue weighted by Gasteiger charge is 2.22. The molecule has 0 fully saturated rings. The molecule has 0 unspecified atom stereocenters. The topological polar surface area (TPSA) is 110 Å². The minimum atomic E-state index is -0.514. The average Bonchev–Trinajstić information content (AvgIpc) is 3.13. The van der Waals surface area contributed by atoms with Crippen LogP contribution in [-0.2, 0) is 13.0 Å². The van der Waals surface area contributed by atoms with Crippen LogP contribution < -0.4 is 16.4 Å². The van der Waals surface area contributed by atoms with Gasteiger partial charge < -0.3 is 16.4 Å². The zero-order valence-electron chi connectivity index (χ0n) is 17.2. The van der Waals surface area contributed by atoms with Crippen LogP contribution in [0.3, 0.4) is 0 Å². The lowest BCUT2D eigenvalue weighted by atomic mass is 10.1. The number of hydrogen-bond donors (Lipinski definition) is 3. The number of fused-ring (bicyclic) bond motifs is 2. The van der Waals surface area contributed by atoms with Gasteiger partial charge in [-0.15, -0.1) is 0 Å². The number of amides is 1. The van der Waals surface area contributed by atoms with Gasteiger partial charge in [-0.3, -0.25) is 9.20 Å². The molecule has 0 radical (unpaired) electrons. The Labute approximate surface area is 179 Å². The number of carbonyl (C=O) groups is 1. The van der Waals surface area contributed by atoms with E-state index in [9.17, 15) is 4.79 Å². The number of carbonyl (C=O) groups excluding carboxylic acids is 1. The Morgan fingerprint density at radius 3 is 2.81 bits per heavy atom. The summed E-state index contributed by atoms with van der Waals surface area (Å²) in [5.74, 6) is 1.69. The van der Waals surface area contributed by atoms with Gasteiger partial charge in [-0.2, -0.15) is 0 Å². The number of aromatic nitrogens is 4. The molecule has 1 aliphatic rings. The van der Waals surface area contributed by atoms with E-state index >= 15 is 0 Å². The zero-order valence-corrected chi connectivity index (χ0v) is 17.2. The summed E-state index contributed by atoms with van der Waals surface area (Å²) in [6.45, 7) is 3.43. The number of nitrogens with two attached hydrogens (primary N) is 1. The first kappa shape index (κ1) is 19.0. The number of aryl methyl sites for hydroxylation is 1. The van der Waals surface area contributed by atoms with Gasteiger partial charge in [0.2, 0.25) is 0 Å². The van der Waals surface area contributed by atoms with Gasteiger partial charge in [-0.05, 0) is 37.5 Å². The molecule has 1 aliphatic heterocycles. The standard InChI is InChI=1S/C23H23N7O/c1-14-18(30-12-6-10-16(19(24)31)23(30)27-14)22-28-20-17(9-5-11-25-20)21(29-22)26-13-15-7-3-2-4-8-15/h2-4,6-8,10,12H,5,9,11,13H2,1H3,(H2,24,31)(H2,25,26,28,29). The highest BCUT2D eigenvalue weighted by molar-refractivity contribution is 5.99. The van der Waals surface area contributed by atoms with Gasteiger partial charge in [-0.1, -0.05) is 30.3 Å². The van der Waals surface area contributed by atoms with Gasteiger partial charge in [0.25, 0.3) is 5.91 Å². The summed E-state index contributed by atoms with van der Waals surface area (Å²) < 4.78 is 1.83. The maximum Gasteiger partial charge on any atom is 0.252 e. The molecular weight excluding hydrogens is 390 g/mol. The number of rotatable bonds is 5. The molecule has 31 heavy (non-hydrogen) atoms. The molecule has 156 valence electrons. The molecule has 8 heteroatoms. The van der Waals surface area contributed by atoms with Crippen molar-refractivity contribution in [1.82, 2.24) is 19.4 Å². The quantitative estimate of drug-likeness (QED) is 0.464. The summed E-state index contributed by atoms with van der Waals surface area (Å²) in [5, 5.41) is 6.90. The number of nitrogens with zero attached hydrogens (tertiary/aromatic N) is 4. The van der Waals surface area contributed by atoms with Crippen LogP contribution in [0, 0.1) is 6.92 Å². The van der Waals surface area contributed by atoms with E-state index in [4.69, 9.17) is 15.7 Å². The van der Waals surface area contributed by atoms with Crippen molar-refractivity contribution in [2.45, 2.75) is 26.3 Å². The summed E-state index contributed by atoms with van der Waals surface area (Å²) in [4.78, 5) is 26.1. The Morgan fingerprint density at radius 2 is 2.00 bits per heavy atom. The second-order valence-electron chi connectivity index (χ2n) is 7.62. The second-order valence-corrected chi connectivity index (χ2v) is 7.62.